The van der Waals surface area contributed by atoms with Crippen LogP contribution in [0, 0.1) is 17.0 Å². The number of aliphatic hydroxyl groups excluding tert-OH is 1. The Balaban J connectivity index is 1.63. The molecule has 0 aliphatic rings. The molecule has 25 heteroatoms. The molecule has 23 nitrogen and oxygen atoms in total. The Kier molecular flexibility index (Phi) is 23.5. The number of pyridine rings is 1. The fraction of sp³-hybridized carbons (Fsp3) is 0.415. The van der Waals surface area contributed by atoms with Crippen LogP contribution in [0.2, 0.25) is 0 Å². The Hall–Kier alpha value is -8.61. The molecule has 0 bridgehead atoms. The third-order valence-electron chi connectivity index (χ3n) is 12.0. The molecule has 0 fully saturated rings. The first-order valence-electron chi connectivity index (χ1n) is 24.9. The third-order valence-corrected chi connectivity index (χ3v) is 12.0. The molecular weight excluding hydrogens is 1020 g/mol. The summed E-state index contributed by atoms with van der Waals surface area (Å²) in [6.45, 7) is 5.79. The molecule has 0 radical (unpaired) electrons. The Labute approximate surface area is 448 Å². The molecular formula is C53H67F2N11O12. The topological polar surface area (TPSA) is 342 Å². The van der Waals surface area contributed by atoms with E-state index in [1.807, 2.05) is 30.3 Å². The number of hydrogen-bond acceptors (Lipinski definition) is 12. The average Bonchev–Trinajstić information content (AvgIpc) is 3.84. The summed E-state index contributed by atoms with van der Waals surface area (Å²) in [4.78, 5) is 134. The first kappa shape index (κ1) is 61.9. The zero-order valence-electron chi connectivity index (χ0n) is 43.9. The average molecular weight is 1090 g/mol. The summed E-state index contributed by atoms with van der Waals surface area (Å²) in [6.07, 6.45) is 2.50. The van der Waals surface area contributed by atoms with Crippen molar-refractivity contribution < 1.29 is 66.9 Å². The number of halogens is 2. The van der Waals surface area contributed by atoms with Gasteiger partial charge in [-0.25, -0.2) is 8.78 Å². The van der Waals surface area contributed by atoms with E-state index in [2.05, 4.69) is 42.2 Å². The number of carboxylic acids is 1. The highest BCUT2D eigenvalue weighted by molar-refractivity contribution is 5.97. The van der Waals surface area contributed by atoms with E-state index >= 15 is 4.39 Å². The molecule has 4 aromatic rings. The number of hydrogen-bond donors (Lipinski definition) is 10. The van der Waals surface area contributed by atoms with Crippen LogP contribution >= 0.6 is 0 Å². The highest BCUT2D eigenvalue weighted by Crippen LogP contribution is 2.41. The van der Waals surface area contributed by atoms with E-state index in [1.54, 1.807) is 49.7 Å². The smallest absolute Gasteiger partial charge is 0.303 e. The predicted octanol–water partition coefficient (Wildman–Crippen LogP) is 0.485. The number of aromatic nitrogens is 2. The van der Waals surface area contributed by atoms with Crippen LogP contribution in [0.5, 0.6) is 0 Å². The fourth-order valence-electron chi connectivity index (χ4n) is 8.13. The monoisotopic (exact) mass is 1090 g/mol. The third kappa shape index (κ3) is 19.8. The highest BCUT2D eigenvalue weighted by atomic mass is 19.1. The molecule has 420 valence electrons. The van der Waals surface area contributed by atoms with Gasteiger partial charge in [-0.05, 0) is 73.2 Å². The number of carbonyl (C=O) groups is 10. The molecule has 2 heterocycles. The molecule has 0 saturated carbocycles. The van der Waals surface area contributed by atoms with Crippen LogP contribution in [0.15, 0.2) is 85.3 Å². The van der Waals surface area contributed by atoms with E-state index in [9.17, 15) is 57.4 Å². The van der Waals surface area contributed by atoms with Crippen LogP contribution in [-0.4, -0.2) is 141 Å². The summed E-state index contributed by atoms with van der Waals surface area (Å²) in [7, 11) is 0. The van der Waals surface area contributed by atoms with Crippen molar-refractivity contribution >= 4 is 59.1 Å². The van der Waals surface area contributed by atoms with Gasteiger partial charge < -0.3 is 62.6 Å². The summed E-state index contributed by atoms with van der Waals surface area (Å²) >= 11 is 0. The maximum Gasteiger partial charge on any atom is 0.303 e. The second kappa shape index (κ2) is 29.6. The van der Waals surface area contributed by atoms with Gasteiger partial charge in [0.05, 0.1) is 31.8 Å². The minimum absolute atomic E-state index is 0.0631. The maximum atomic E-state index is 15.4. The lowest BCUT2D eigenvalue weighted by Gasteiger charge is -2.41. The number of nitrogens with zero attached hydrogens (tertiary/aromatic N) is 3. The number of amides is 9. The van der Waals surface area contributed by atoms with Crippen molar-refractivity contribution in [3.05, 3.63) is 114 Å². The lowest BCUT2D eigenvalue weighted by molar-refractivity contribution is -0.140. The molecule has 4 rings (SSSR count). The number of carbonyl (C=O) groups excluding carboxylic acids is 9. The van der Waals surface area contributed by atoms with Gasteiger partial charge in [0.2, 0.25) is 53.2 Å². The molecule has 9 amide bonds. The van der Waals surface area contributed by atoms with Gasteiger partial charge in [0.15, 0.2) is 0 Å². The van der Waals surface area contributed by atoms with E-state index in [4.69, 9.17) is 10.8 Å². The Morgan fingerprint density at radius 1 is 0.718 bits per heavy atom. The lowest BCUT2D eigenvalue weighted by Crippen LogP contribution is -2.58. The zero-order valence-corrected chi connectivity index (χ0v) is 43.9. The van der Waals surface area contributed by atoms with Crippen LogP contribution in [0.3, 0.4) is 0 Å². The normalized spacial score (nSPS) is 13.0. The quantitative estimate of drug-likeness (QED) is 0.0332. The summed E-state index contributed by atoms with van der Waals surface area (Å²) in [6, 6.07) is 10.1. The van der Waals surface area contributed by atoms with Crippen molar-refractivity contribution in [2.24, 2.45) is 11.1 Å². The maximum absolute atomic E-state index is 15.4. The molecule has 2 aromatic heterocycles. The SMILES string of the molecule is C[C@H](NC(=O)Cc1ccncc1)C(=O)N[C@H](C)C(=O)N[C@@H](CC(N)=O)C(=O)N[C@@H](CCN(C(=O)CO)[C@@H](c1cc(-c2cc(F)ccc2F)cn1Cc1ccccc1)C(C)(C)C)C(=O)NCCNC(=O)CNC(=O)CCC(=O)O. The molecule has 0 spiro atoms. The fourth-order valence-corrected chi connectivity index (χ4v) is 8.13. The molecule has 0 unspecified atom stereocenters. The summed E-state index contributed by atoms with van der Waals surface area (Å²) in [5, 5.41) is 36.4. The molecule has 78 heavy (non-hydrogen) atoms. The molecule has 0 aliphatic heterocycles. The minimum Gasteiger partial charge on any atom is -0.481 e. The number of nitrogens with two attached hydrogens (primary N) is 1. The van der Waals surface area contributed by atoms with E-state index < -0.39 is 139 Å². The van der Waals surface area contributed by atoms with Gasteiger partial charge in [0.1, 0.15) is 42.4 Å². The number of aliphatic carboxylic acids is 1. The zero-order chi connectivity index (χ0) is 57.7. The molecule has 5 atom stereocenters. The predicted molar refractivity (Wildman–Crippen MR) is 278 cm³/mol. The first-order chi connectivity index (χ1) is 36.9. The molecule has 0 saturated heterocycles. The highest BCUT2D eigenvalue weighted by Gasteiger charge is 2.39. The van der Waals surface area contributed by atoms with Crippen molar-refractivity contribution in [3.8, 4) is 11.1 Å². The van der Waals surface area contributed by atoms with Crippen LogP contribution in [0.25, 0.3) is 11.1 Å². The van der Waals surface area contributed by atoms with Gasteiger partial charge >= 0.3 is 5.97 Å². The van der Waals surface area contributed by atoms with Gasteiger partial charge in [0.25, 0.3) is 0 Å². The van der Waals surface area contributed by atoms with Gasteiger partial charge in [-0.2, -0.15) is 0 Å². The van der Waals surface area contributed by atoms with Crippen LogP contribution in [-0.2, 0) is 60.9 Å². The number of carboxylic acid groups (broad SMARTS) is 1. The van der Waals surface area contributed by atoms with Crippen LogP contribution in [0.4, 0.5) is 8.78 Å². The number of nitrogens with one attached hydrogen (secondary N) is 7. The molecule has 0 aliphatic carbocycles. The molecule has 11 N–H and O–H groups in total. The number of rotatable bonds is 29. The van der Waals surface area contributed by atoms with Crippen LogP contribution < -0.4 is 43.0 Å². The second-order valence-corrected chi connectivity index (χ2v) is 19.3. The largest absolute Gasteiger partial charge is 0.481 e. The van der Waals surface area contributed by atoms with Gasteiger partial charge in [-0.3, -0.25) is 52.9 Å². The number of primary amides is 1. The second-order valence-electron chi connectivity index (χ2n) is 19.3. The van der Waals surface area contributed by atoms with Gasteiger partial charge in [-0.1, -0.05) is 51.1 Å². The lowest BCUT2D eigenvalue weighted by atomic mass is 9.82. The standard InChI is InChI=1S/C53H67F2N11O12/c1-31(61-44(70)23-33-15-18-57-19-16-33)49(75)62-32(2)50(76)64-40(26-42(56)68)52(78)63-39(51(77)59-21-20-58-45(71)27-60-43(69)13-14-47(73)74)17-22-66(46(72)30-67)48(53(3,4)5)41-24-35(37-25-36(54)11-12-38(37)55)29-65(41)28-34-9-7-6-8-10-34/h6-12,15-16,18-19,24-25,29,31-32,39-40,48,67H,13-14,17,20-23,26-28,30H2,1-5H3,(H2,56,68)(H,58,71)(H,59,77)(H,60,69)(H,61,70)(H,62,75)(H,63,78)(H,64,76)(H,73,74)/t31-,32+,39-,40-,48-/m0/s1. The summed E-state index contributed by atoms with van der Waals surface area (Å²) in [5.74, 6) is -10.2. The number of aliphatic hydroxyl groups is 1. The Morgan fingerprint density at radius 3 is 2.00 bits per heavy atom. The summed E-state index contributed by atoms with van der Waals surface area (Å²) < 4.78 is 31.8. The van der Waals surface area contributed by atoms with Crippen molar-refractivity contribution in [2.75, 3.05) is 32.8 Å². The van der Waals surface area contributed by atoms with E-state index in [0.717, 1.165) is 23.8 Å². The first-order valence-corrected chi connectivity index (χ1v) is 24.9. The Bertz CT molecular complexity index is 2770. The van der Waals surface area contributed by atoms with Crippen molar-refractivity contribution in [3.63, 3.8) is 0 Å². The number of benzene rings is 2. The van der Waals surface area contributed by atoms with E-state index in [1.165, 1.54) is 31.1 Å². The Morgan fingerprint density at radius 2 is 1.36 bits per heavy atom. The molecule has 2 aromatic carbocycles. The van der Waals surface area contributed by atoms with Gasteiger partial charge in [-0.15, -0.1) is 0 Å². The van der Waals surface area contributed by atoms with Crippen molar-refractivity contribution in [1.82, 2.24) is 51.7 Å². The van der Waals surface area contributed by atoms with Crippen molar-refractivity contribution in [1.29, 1.82) is 0 Å². The van der Waals surface area contributed by atoms with E-state index in [0.29, 0.717) is 11.3 Å². The van der Waals surface area contributed by atoms with Crippen molar-refractivity contribution in [2.45, 2.75) is 103 Å². The summed E-state index contributed by atoms with van der Waals surface area (Å²) in [5.41, 5.74) is 6.63. The van der Waals surface area contributed by atoms with Crippen LogP contribution in [0.1, 0.15) is 83.2 Å². The van der Waals surface area contributed by atoms with E-state index in [-0.39, 0.29) is 50.1 Å². The minimum atomic E-state index is -1.76. The van der Waals surface area contributed by atoms with Gasteiger partial charge in [0, 0.05) is 68.0 Å².